The fraction of sp³-hybridized carbons (Fsp3) is 0.355. The molecule has 232 valence electrons. The van der Waals surface area contributed by atoms with Crippen LogP contribution in [-0.2, 0) is 38.8 Å². The second-order valence-electron chi connectivity index (χ2n) is 10.5. The van der Waals surface area contributed by atoms with E-state index in [0.717, 1.165) is 34.3 Å². The number of alkyl halides is 3. The minimum atomic E-state index is -4.65. The molecule has 3 rings (SSSR count). The zero-order valence-corrected chi connectivity index (χ0v) is 25.7. The highest BCUT2D eigenvalue weighted by atomic mass is 35.5. The molecule has 0 bridgehead atoms. The quantitative estimate of drug-likeness (QED) is 0.247. The van der Waals surface area contributed by atoms with Crippen molar-refractivity contribution in [1.29, 1.82) is 0 Å². The van der Waals surface area contributed by atoms with Gasteiger partial charge in [0.2, 0.25) is 21.8 Å². The number of amides is 2. The Kier molecular flexibility index (Phi) is 11.6. The number of rotatable bonds is 13. The molecule has 2 amide bonds. The zero-order valence-electron chi connectivity index (χ0n) is 24.1. The Morgan fingerprint density at radius 1 is 0.953 bits per heavy atom. The van der Waals surface area contributed by atoms with Crippen LogP contribution in [0.5, 0.6) is 0 Å². The third kappa shape index (κ3) is 10.00. The fourth-order valence-electron chi connectivity index (χ4n) is 4.59. The summed E-state index contributed by atoms with van der Waals surface area (Å²) in [5, 5.41) is 3.30. The minimum absolute atomic E-state index is 0.00890. The summed E-state index contributed by atoms with van der Waals surface area (Å²) in [6, 6.07) is 19.1. The monoisotopic (exact) mass is 637 g/mol. The van der Waals surface area contributed by atoms with Gasteiger partial charge in [0.1, 0.15) is 6.04 Å². The third-order valence-corrected chi connectivity index (χ3v) is 8.18. The zero-order chi connectivity index (χ0) is 31.8. The molecule has 0 aliphatic carbocycles. The van der Waals surface area contributed by atoms with Gasteiger partial charge in [-0.05, 0) is 55.7 Å². The van der Waals surface area contributed by atoms with Crippen molar-refractivity contribution >= 4 is 39.1 Å². The van der Waals surface area contributed by atoms with E-state index in [0.29, 0.717) is 10.6 Å². The van der Waals surface area contributed by atoms with E-state index in [1.165, 1.54) is 11.0 Å². The lowest BCUT2D eigenvalue weighted by Crippen LogP contribution is -2.51. The Morgan fingerprint density at radius 3 is 2.21 bits per heavy atom. The van der Waals surface area contributed by atoms with E-state index < -0.39 is 33.7 Å². The van der Waals surface area contributed by atoms with Crippen molar-refractivity contribution in [1.82, 2.24) is 10.2 Å². The molecule has 0 aliphatic rings. The molecule has 43 heavy (non-hydrogen) atoms. The summed E-state index contributed by atoms with van der Waals surface area (Å²) in [7, 11) is -3.98. The number of nitrogens with one attached hydrogen (secondary N) is 1. The molecule has 1 atom stereocenters. The number of hydrogen-bond acceptors (Lipinski definition) is 4. The lowest BCUT2D eigenvalue weighted by Gasteiger charge is -2.32. The highest BCUT2D eigenvalue weighted by molar-refractivity contribution is 7.92. The summed E-state index contributed by atoms with van der Waals surface area (Å²) in [4.78, 5) is 28.7. The van der Waals surface area contributed by atoms with Gasteiger partial charge in [-0.15, -0.1) is 0 Å². The maximum atomic E-state index is 13.8. The number of sulfonamides is 1. The van der Waals surface area contributed by atoms with E-state index >= 15 is 0 Å². The number of carbonyl (C=O) groups excluding carboxylic acids is 2. The maximum Gasteiger partial charge on any atom is 0.416 e. The van der Waals surface area contributed by atoms with Gasteiger partial charge in [-0.3, -0.25) is 13.9 Å². The Labute approximate surface area is 255 Å². The van der Waals surface area contributed by atoms with Crippen molar-refractivity contribution in [3.05, 3.63) is 101 Å². The number of hydrogen-bond donors (Lipinski definition) is 1. The molecule has 0 aliphatic heterocycles. The lowest BCUT2D eigenvalue weighted by molar-refractivity contribution is -0.141. The van der Waals surface area contributed by atoms with Gasteiger partial charge in [-0.1, -0.05) is 66.2 Å². The van der Waals surface area contributed by atoms with E-state index in [9.17, 15) is 31.2 Å². The van der Waals surface area contributed by atoms with Crippen LogP contribution < -0.4 is 9.62 Å². The molecule has 3 aromatic rings. The third-order valence-electron chi connectivity index (χ3n) is 6.61. The second kappa shape index (κ2) is 14.7. The van der Waals surface area contributed by atoms with Gasteiger partial charge < -0.3 is 10.2 Å². The molecule has 3 aromatic carbocycles. The van der Waals surface area contributed by atoms with E-state index in [2.05, 4.69) is 5.32 Å². The highest BCUT2D eigenvalue weighted by Crippen LogP contribution is 2.32. The predicted molar refractivity (Wildman–Crippen MR) is 162 cm³/mol. The Morgan fingerprint density at radius 2 is 1.60 bits per heavy atom. The smallest absolute Gasteiger partial charge is 0.352 e. The van der Waals surface area contributed by atoms with Crippen molar-refractivity contribution < 1.29 is 31.2 Å². The van der Waals surface area contributed by atoms with Crippen LogP contribution in [0, 0.1) is 0 Å². The summed E-state index contributed by atoms with van der Waals surface area (Å²) in [6.07, 6.45) is -3.72. The molecular weight excluding hydrogens is 603 g/mol. The van der Waals surface area contributed by atoms with Crippen molar-refractivity contribution in [2.75, 3.05) is 17.1 Å². The van der Waals surface area contributed by atoms with Gasteiger partial charge in [0, 0.05) is 37.0 Å². The number of benzene rings is 3. The molecular formula is C31H35ClF3N3O4S. The maximum absolute atomic E-state index is 13.8. The fourth-order valence-corrected chi connectivity index (χ4v) is 5.74. The molecule has 12 heteroatoms. The molecule has 0 saturated carbocycles. The first-order valence-corrected chi connectivity index (χ1v) is 15.9. The molecule has 0 aromatic heterocycles. The van der Waals surface area contributed by atoms with E-state index in [1.807, 2.05) is 44.2 Å². The summed E-state index contributed by atoms with van der Waals surface area (Å²) >= 11 is 6.42. The first kappa shape index (κ1) is 33.9. The Balaban J connectivity index is 1.90. The largest absolute Gasteiger partial charge is 0.416 e. The Hall–Kier alpha value is -3.57. The number of halogens is 4. The minimum Gasteiger partial charge on any atom is -0.352 e. The van der Waals surface area contributed by atoms with Gasteiger partial charge in [0.15, 0.2) is 0 Å². The molecule has 1 N–H and O–H groups in total. The van der Waals surface area contributed by atoms with E-state index in [1.54, 1.807) is 24.3 Å². The molecule has 0 spiro atoms. The Bertz CT molecular complexity index is 1500. The number of nitrogens with zero attached hydrogens (tertiary/aromatic N) is 2. The van der Waals surface area contributed by atoms with Gasteiger partial charge >= 0.3 is 6.18 Å². The van der Waals surface area contributed by atoms with Gasteiger partial charge in [-0.25, -0.2) is 8.42 Å². The van der Waals surface area contributed by atoms with Gasteiger partial charge in [-0.2, -0.15) is 13.2 Å². The van der Waals surface area contributed by atoms with Crippen LogP contribution in [0.3, 0.4) is 0 Å². The summed E-state index contributed by atoms with van der Waals surface area (Å²) in [5.74, 6) is -0.793. The highest BCUT2D eigenvalue weighted by Gasteiger charge is 2.33. The second-order valence-corrected chi connectivity index (χ2v) is 12.8. The first-order valence-electron chi connectivity index (χ1n) is 13.7. The van der Waals surface area contributed by atoms with Crippen LogP contribution in [0.1, 0.15) is 43.4 Å². The standard InChI is InChI=1S/C31H35ClF3N3O4S/c1-22(2)36-30(40)28(19-23-11-5-4-6-12-23)37(21-24-13-7-8-16-27(24)32)29(39)17-10-18-38(43(3,41)42)26-15-9-14-25(20-26)31(33,34)35/h4-9,11-16,20,22,28H,10,17-19,21H2,1-3H3,(H,36,40)/t28-/m0/s1. The van der Waals surface area contributed by atoms with Crippen molar-refractivity contribution in [3.8, 4) is 0 Å². The van der Waals surface area contributed by atoms with Crippen LogP contribution in [-0.4, -0.2) is 50.0 Å². The topological polar surface area (TPSA) is 86.8 Å². The molecule has 0 fully saturated rings. The molecule has 0 radical (unpaired) electrons. The summed E-state index contributed by atoms with van der Waals surface area (Å²) in [6.45, 7) is 3.40. The summed E-state index contributed by atoms with van der Waals surface area (Å²) in [5.41, 5.74) is 0.308. The van der Waals surface area contributed by atoms with Gasteiger partial charge in [0.05, 0.1) is 17.5 Å². The molecule has 0 saturated heterocycles. The van der Waals surface area contributed by atoms with Crippen molar-refractivity contribution in [2.45, 2.75) is 57.9 Å². The average molecular weight is 638 g/mol. The van der Waals surface area contributed by atoms with Crippen molar-refractivity contribution in [2.24, 2.45) is 0 Å². The average Bonchev–Trinajstić information content (AvgIpc) is 2.93. The van der Waals surface area contributed by atoms with Crippen LogP contribution in [0.4, 0.5) is 18.9 Å². The number of carbonyl (C=O) groups is 2. The SMILES string of the molecule is CC(C)NC(=O)[C@H](Cc1ccccc1)N(Cc1ccccc1Cl)C(=O)CCCN(c1cccc(C(F)(F)F)c1)S(C)(=O)=O. The van der Waals surface area contributed by atoms with Gasteiger partial charge in [0.25, 0.3) is 0 Å². The molecule has 0 heterocycles. The molecule has 0 unspecified atom stereocenters. The van der Waals surface area contributed by atoms with Crippen LogP contribution in [0.15, 0.2) is 78.9 Å². The van der Waals surface area contributed by atoms with Crippen LogP contribution in [0.25, 0.3) is 0 Å². The van der Waals surface area contributed by atoms with Crippen LogP contribution >= 0.6 is 11.6 Å². The van der Waals surface area contributed by atoms with E-state index in [4.69, 9.17) is 11.6 Å². The normalized spacial score (nSPS) is 12.6. The predicted octanol–water partition coefficient (Wildman–Crippen LogP) is 6.07. The molecule has 7 nitrogen and oxygen atoms in total. The summed E-state index contributed by atoms with van der Waals surface area (Å²) < 4.78 is 65.9. The van der Waals surface area contributed by atoms with Crippen LogP contribution in [0.2, 0.25) is 5.02 Å². The number of anilines is 1. The lowest BCUT2D eigenvalue weighted by atomic mass is 10.0. The van der Waals surface area contributed by atoms with E-state index in [-0.39, 0.29) is 50.0 Å². The first-order chi connectivity index (χ1) is 20.2. The van der Waals surface area contributed by atoms with Crippen molar-refractivity contribution in [3.63, 3.8) is 0 Å².